The van der Waals surface area contributed by atoms with Crippen molar-refractivity contribution >= 4 is 15.8 Å². The normalized spacial score (nSPS) is 19.7. The number of nitrogens with zero attached hydrogens (tertiary/aromatic N) is 4. The first-order valence-corrected chi connectivity index (χ1v) is 9.57. The van der Waals surface area contributed by atoms with Crippen LogP contribution in [0.3, 0.4) is 0 Å². The summed E-state index contributed by atoms with van der Waals surface area (Å²) in [6.45, 7) is 2.48. The molecule has 1 fully saturated rings. The van der Waals surface area contributed by atoms with Crippen molar-refractivity contribution in [3.63, 3.8) is 0 Å². The summed E-state index contributed by atoms with van der Waals surface area (Å²) in [5, 5.41) is 7.48. The van der Waals surface area contributed by atoms with Gasteiger partial charge in [-0.3, -0.25) is 9.67 Å². The summed E-state index contributed by atoms with van der Waals surface area (Å²) < 4.78 is 24.1. The van der Waals surface area contributed by atoms with Crippen molar-refractivity contribution in [2.75, 3.05) is 38.7 Å². The molecular formula is C14H25N5O2S. The Kier molecular flexibility index (Phi) is 5.44. The lowest BCUT2D eigenvalue weighted by Gasteiger charge is -2.21. The second kappa shape index (κ2) is 7.13. The second-order valence-electron chi connectivity index (χ2n) is 5.84. The van der Waals surface area contributed by atoms with Crippen LogP contribution in [0.5, 0.6) is 0 Å². The number of hydrogen-bond donors (Lipinski definition) is 1. The summed E-state index contributed by atoms with van der Waals surface area (Å²) in [5.41, 5.74) is 1.26. The van der Waals surface area contributed by atoms with Crippen LogP contribution in [0.15, 0.2) is 17.4 Å². The molecule has 0 spiro atoms. The molecule has 1 aliphatic rings. The quantitative estimate of drug-likeness (QED) is 0.475. The summed E-state index contributed by atoms with van der Waals surface area (Å²) >= 11 is 0. The second-order valence-corrected chi connectivity index (χ2v) is 8.10. The third kappa shape index (κ3) is 4.72. The SMILES string of the molecule is CN=C(NCCCS(C)(=O)=O)N1CCC(c2cnn(C)c2)C1. The highest BCUT2D eigenvalue weighted by molar-refractivity contribution is 7.90. The summed E-state index contributed by atoms with van der Waals surface area (Å²) in [7, 11) is 0.796. The highest BCUT2D eigenvalue weighted by Crippen LogP contribution is 2.26. The zero-order chi connectivity index (χ0) is 16.2. The third-order valence-corrected chi connectivity index (χ3v) is 4.90. The molecule has 1 aromatic rings. The fourth-order valence-electron chi connectivity index (χ4n) is 2.74. The molecule has 8 heteroatoms. The number of sulfone groups is 1. The van der Waals surface area contributed by atoms with Crippen LogP contribution in [-0.4, -0.2) is 67.7 Å². The molecule has 2 heterocycles. The third-order valence-electron chi connectivity index (χ3n) is 3.87. The maximum Gasteiger partial charge on any atom is 0.193 e. The number of guanidine groups is 1. The lowest BCUT2D eigenvalue weighted by molar-refractivity contribution is 0.486. The summed E-state index contributed by atoms with van der Waals surface area (Å²) in [6.07, 6.45) is 6.93. The van der Waals surface area contributed by atoms with E-state index in [9.17, 15) is 8.42 Å². The number of aromatic nitrogens is 2. The van der Waals surface area contributed by atoms with Crippen LogP contribution in [0.2, 0.25) is 0 Å². The molecule has 0 aromatic carbocycles. The van der Waals surface area contributed by atoms with Crippen LogP contribution in [0.25, 0.3) is 0 Å². The predicted molar refractivity (Wildman–Crippen MR) is 87.8 cm³/mol. The first-order chi connectivity index (χ1) is 10.4. The molecule has 1 aromatic heterocycles. The zero-order valence-corrected chi connectivity index (χ0v) is 14.3. The molecule has 1 unspecified atom stereocenters. The van der Waals surface area contributed by atoms with E-state index in [1.54, 1.807) is 7.05 Å². The van der Waals surface area contributed by atoms with E-state index in [0.717, 1.165) is 25.5 Å². The molecule has 1 saturated heterocycles. The van der Waals surface area contributed by atoms with Crippen LogP contribution >= 0.6 is 0 Å². The maximum absolute atomic E-state index is 11.1. The average molecular weight is 327 g/mol. The van der Waals surface area contributed by atoms with Crippen LogP contribution < -0.4 is 5.32 Å². The highest BCUT2D eigenvalue weighted by Gasteiger charge is 2.26. The van der Waals surface area contributed by atoms with E-state index in [1.165, 1.54) is 11.8 Å². The van der Waals surface area contributed by atoms with Gasteiger partial charge < -0.3 is 10.2 Å². The minimum absolute atomic E-state index is 0.204. The van der Waals surface area contributed by atoms with Crippen LogP contribution in [0.4, 0.5) is 0 Å². The van der Waals surface area contributed by atoms with E-state index in [-0.39, 0.29) is 5.75 Å². The van der Waals surface area contributed by atoms with Crippen molar-refractivity contribution in [3.8, 4) is 0 Å². The Balaban J connectivity index is 1.82. The molecule has 0 aliphatic carbocycles. The lowest BCUT2D eigenvalue weighted by atomic mass is 10.0. The Morgan fingerprint density at radius 2 is 2.32 bits per heavy atom. The van der Waals surface area contributed by atoms with E-state index in [2.05, 4.69) is 26.5 Å². The Morgan fingerprint density at radius 1 is 1.55 bits per heavy atom. The van der Waals surface area contributed by atoms with E-state index in [1.807, 2.05) is 17.9 Å². The van der Waals surface area contributed by atoms with E-state index >= 15 is 0 Å². The van der Waals surface area contributed by atoms with E-state index < -0.39 is 9.84 Å². The smallest absolute Gasteiger partial charge is 0.193 e. The van der Waals surface area contributed by atoms with E-state index in [4.69, 9.17) is 0 Å². The van der Waals surface area contributed by atoms with Gasteiger partial charge in [-0.1, -0.05) is 0 Å². The van der Waals surface area contributed by atoms with Gasteiger partial charge in [0.2, 0.25) is 0 Å². The molecule has 124 valence electrons. The number of rotatable bonds is 5. The van der Waals surface area contributed by atoms with Crippen molar-refractivity contribution < 1.29 is 8.42 Å². The molecule has 1 aliphatic heterocycles. The number of hydrogen-bond acceptors (Lipinski definition) is 4. The van der Waals surface area contributed by atoms with Crippen molar-refractivity contribution in [1.29, 1.82) is 0 Å². The van der Waals surface area contributed by atoms with E-state index in [0.29, 0.717) is 18.9 Å². The molecule has 2 rings (SSSR count). The molecule has 1 atom stereocenters. The lowest BCUT2D eigenvalue weighted by Crippen LogP contribution is -2.40. The Hall–Kier alpha value is -1.57. The largest absolute Gasteiger partial charge is 0.356 e. The molecule has 0 radical (unpaired) electrons. The zero-order valence-electron chi connectivity index (χ0n) is 13.5. The standard InChI is InChI=1S/C14H25N5O2S/c1-15-14(16-6-4-8-22(3,20)21)19-7-5-12(11-19)13-9-17-18(2)10-13/h9-10,12H,4-8,11H2,1-3H3,(H,15,16). The maximum atomic E-state index is 11.1. The highest BCUT2D eigenvalue weighted by atomic mass is 32.2. The van der Waals surface area contributed by atoms with Gasteiger partial charge in [0, 0.05) is 52.1 Å². The fourth-order valence-corrected chi connectivity index (χ4v) is 3.41. The number of likely N-dealkylation sites (tertiary alicyclic amines) is 1. The minimum Gasteiger partial charge on any atom is -0.356 e. The van der Waals surface area contributed by atoms with Gasteiger partial charge in [-0.15, -0.1) is 0 Å². The summed E-state index contributed by atoms with van der Waals surface area (Å²) in [4.78, 5) is 6.52. The molecule has 1 N–H and O–H groups in total. The Morgan fingerprint density at radius 3 is 2.91 bits per heavy atom. The Bertz CT molecular complexity index is 623. The average Bonchev–Trinajstić information content (AvgIpc) is 3.06. The first kappa shape index (κ1) is 16.8. The van der Waals surface area contributed by atoms with Gasteiger partial charge in [0.05, 0.1) is 11.9 Å². The Labute approximate surface area is 132 Å². The van der Waals surface area contributed by atoms with Crippen molar-refractivity contribution in [1.82, 2.24) is 20.0 Å². The van der Waals surface area contributed by atoms with Crippen LogP contribution in [-0.2, 0) is 16.9 Å². The van der Waals surface area contributed by atoms with Gasteiger partial charge >= 0.3 is 0 Å². The summed E-state index contributed by atoms with van der Waals surface area (Å²) in [6, 6.07) is 0. The monoisotopic (exact) mass is 327 g/mol. The summed E-state index contributed by atoms with van der Waals surface area (Å²) in [5.74, 6) is 1.53. The predicted octanol–water partition coefficient (Wildman–Crippen LogP) is 0.220. The van der Waals surface area contributed by atoms with Gasteiger partial charge in [0.25, 0.3) is 0 Å². The number of nitrogens with one attached hydrogen (secondary N) is 1. The first-order valence-electron chi connectivity index (χ1n) is 7.51. The van der Waals surface area contributed by atoms with Crippen molar-refractivity contribution in [3.05, 3.63) is 18.0 Å². The molecule has 22 heavy (non-hydrogen) atoms. The number of aliphatic imine (C=N–C) groups is 1. The topological polar surface area (TPSA) is 79.6 Å². The molecule has 0 amide bonds. The van der Waals surface area contributed by atoms with Gasteiger partial charge in [0.1, 0.15) is 9.84 Å². The minimum atomic E-state index is -2.89. The van der Waals surface area contributed by atoms with Crippen molar-refractivity contribution in [2.45, 2.75) is 18.8 Å². The molecular weight excluding hydrogens is 302 g/mol. The fraction of sp³-hybridized carbons (Fsp3) is 0.714. The van der Waals surface area contributed by atoms with Gasteiger partial charge in [0.15, 0.2) is 5.96 Å². The molecule has 7 nitrogen and oxygen atoms in total. The van der Waals surface area contributed by atoms with Gasteiger partial charge in [-0.05, 0) is 18.4 Å². The van der Waals surface area contributed by atoms with Gasteiger partial charge in [-0.25, -0.2) is 8.42 Å². The molecule has 0 bridgehead atoms. The van der Waals surface area contributed by atoms with Crippen LogP contribution in [0, 0.1) is 0 Å². The van der Waals surface area contributed by atoms with Gasteiger partial charge in [-0.2, -0.15) is 5.10 Å². The molecule has 0 saturated carbocycles. The number of aryl methyl sites for hydroxylation is 1. The van der Waals surface area contributed by atoms with Crippen LogP contribution in [0.1, 0.15) is 24.3 Å². The van der Waals surface area contributed by atoms with Crippen molar-refractivity contribution in [2.24, 2.45) is 12.0 Å².